The Labute approximate surface area is 308 Å². The molecule has 51 heavy (non-hydrogen) atoms. The lowest BCUT2D eigenvalue weighted by Gasteiger charge is -2.10. The van der Waals surface area contributed by atoms with E-state index in [1.54, 1.807) is 18.2 Å². The topological polar surface area (TPSA) is 51.8 Å². The van der Waals surface area contributed by atoms with Crippen LogP contribution in [0.2, 0.25) is 0 Å². The van der Waals surface area contributed by atoms with Crippen molar-refractivity contribution in [3.63, 3.8) is 0 Å². The molecule has 0 atom stereocenters. The predicted molar refractivity (Wildman–Crippen MR) is 209 cm³/mol. The lowest BCUT2D eigenvalue weighted by molar-refractivity contribution is 0.670. The van der Waals surface area contributed by atoms with Gasteiger partial charge in [0.1, 0.15) is 11.2 Å². The molecule has 0 aliphatic heterocycles. The monoisotopic (exact) mass is 661 g/mol. The van der Waals surface area contributed by atoms with Crippen molar-refractivity contribution in [1.29, 1.82) is 0 Å². The van der Waals surface area contributed by atoms with E-state index >= 15 is 0 Å². The molecule has 0 radical (unpaired) electrons. The molecule has 4 heteroatoms. The maximum absolute atomic E-state index is 8.85. The second kappa shape index (κ2) is 11.9. The van der Waals surface area contributed by atoms with Gasteiger partial charge in [0.05, 0.1) is 13.7 Å². The van der Waals surface area contributed by atoms with Crippen molar-refractivity contribution in [3.8, 4) is 56.4 Å². The molecule has 2 aromatic heterocycles. The van der Waals surface area contributed by atoms with Gasteiger partial charge in [0.25, 0.3) is 0 Å². The van der Waals surface area contributed by atoms with Gasteiger partial charge in [0.15, 0.2) is 17.5 Å². The number of rotatable bonds is 5. The van der Waals surface area contributed by atoms with E-state index in [2.05, 4.69) is 36.4 Å². The summed E-state index contributed by atoms with van der Waals surface area (Å²) in [5, 5.41) is 5.40. The first kappa shape index (κ1) is 20.6. The van der Waals surface area contributed by atoms with Gasteiger partial charge in [-0.1, -0.05) is 145 Å². The smallest absolute Gasteiger partial charge is 0.164 e. The van der Waals surface area contributed by atoms with Gasteiger partial charge in [-0.2, -0.15) is 0 Å². The highest BCUT2D eigenvalue weighted by molar-refractivity contribution is 6.12. The van der Waals surface area contributed by atoms with Crippen LogP contribution in [-0.4, -0.2) is 15.0 Å². The Balaban J connectivity index is 1.20. The molecule has 0 aliphatic carbocycles. The highest BCUT2D eigenvalue weighted by Crippen LogP contribution is 2.41. The fourth-order valence-corrected chi connectivity index (χ4v) is 6.63. The van der Waals surface area contributed by atoms with E-state index in [1.165, 1.54) is 6.07 Å². The van der Waals surface area contributed by atoms with Crippen LogP contribution in [0.1, 0.15) is 13.7 Å². The zero-order valence-electron chi connectivity index (χ0n) is 36.7. The normalized spacial score (nSPS) is 14.3. The summed E-state index contributed by atoms with van der Waals surface area (Å²) < 4.78 is 91.7. The van der Waals surface area contributed by atoms with E-state index in [0.717, 1.165) is 32.7 Å². The molecule has 0 saturated heterocycles. The summed E-state index contributed by atoms with van der Waals surface area (Å²) in [6, 6.07) is 31.4. The number of hydrogen-bond acceptors (Lipinski definition) is 4. The van der Waals surface area contributed by atoms with E-state index < -0.39 is 60.4 Å². The van der Waals surface area contributed by atoms with Gasteiger partial charge in [-0.15, -0.1) is 0 Å². The fourth-order valence-electron chi connectivity index (χ4n) is 6.63. The Hall–Kier alpha value is -6.91. The van der Waals surface area contributed by atoms with Gasteiger partial charge in [-0.3, -0.25) is 0 Å². The zero-order chi connectivity index (χ0) is 42.4. The van der Waals surface area contributed by atoms with Crippen molar-refractivity contribution < 1.29 is 18.1 Å². The molecule has 4 nitrogen and oxygen atoms in total. The van der Waals surface area contributed by atoms with Gasteiger partial charge in [-0.05, 0) is 68.6 Å². The number of hydrogen-bond donors (Lipinski definition) is 0. The Morgan fingerprint density at radius 2 is 1.00 bits per heavy atom. The summed E-state index contributed by atoms with van der Waals surface area (Å²) in [4.78, 5) is 14.8. The standard InChI is InChI=1S/C47H29N3O/c1-4-12-30(13-5-1)37-27-41(31-14-6-2-7-15-31)44-42(28-37)40-25-23-36(29-43(40)51-44)47-49-45(33-17-8-3-9-18-33)48-46(50-47)35-22-24-39-34(26-35)21-20-32-16-10-11-19-38(32)39/h1-29H/i1D,2D,4D,5D,6D,7D,12D,13D,14D,15D. The van der Waals surface area contributed by atoms with E-state index in [1.807, 2.05) is 54.6 Å². The molecule has 0 fully saturated rings. The Kier molecular flexibility index (Phi) is 4.80. The minimum absolute atomic E-state index is 0.0898. The summed E-state index contributed by atoms with van der Waals surface area (Å²) in [5.74, 6) is 1.27. The lowest BCUT2D eigenvalue weighted by atomic mass is 9.95. The number of nitrogens with zero attached hydrogens (tertiary/aromatic N) is 3. The van der Waals surface area contributed by atoms with Crippen LogP contribution in [0.3, 0.4) is 0 Å². The number of aromatic nitrogens is 3. The van der Waals surface area contributed by atoms with Crippen LogP contribution in [0.5, 0.6) is 0 Å². The van der Waals surface area contributed by atoms with Crippen LogP contribution < -0.4 is 0 Å². The van der Waals surface area contributed by atoms with Gasteiger partial charge in [-0.25, -0.2) is 15.0 Å². The number of benzene rings is 8. The van der Waals surface area contributed by atoms with Crippen molar-refractivity contribution in [2.24, 2.45) is 0 Å². The van der Waals surface area contributed by atoms with Crippen molar-refractivity contribution in [2.45, 2.75) is 0 Å². The molecule has 2 heterocycles. The average molecular weight is 662 g/mol. The summed E-state index contributed by atoms with van der Waals surface area (Å²) >= 11 is 0. The molecule has 10 aromatic rings. The second-order valence-corrected chi connectivity index (χ2v) is 12.1. The molecule has 0 spiro atoms. The largest absolute Gasteiger partial charge is 0.455 e. The van der Waals surface area contributed by atoms with E-state index in [-0.39, 0.29) is 27.8 Å². The second-order valence-electron chi connectivity index (χ2n) is 12.1. The molecular weight excluding hydrogens is 623 g/mol. The predicted octanol–water partition coefficient (Wildman–Crippen LogP) is 12.4. The van der Waals surface area contributed by atoms with Gasteiger partial charge in [0.2, 0.25) is 0 Å². The fraction of sp³-hybridized carbons (Fsp3) is 0. The molecule has 0 amide bonds. The third-order valence-electron chi connectivity index (χ3n) is 9.06. The summed E-state index contributed by atoms with van der Waals surface area (Å²) in [5.41, 5.74) is 2.66. The first-order valence-electron chi connectivity index (χ1n) is 21.3. The molecule has 8 aromatic carbocycles. The van der Waals surface area contributed by atoms with Crippen LogP contribution in [0.25, 0.3) is 99.9 Å². The third-order valence-corrected chi connectivity index (χ3v) is 9.06. The SMILES string of the molecule is [2H]c1c([2H])c([2H])c(-c2cc(-c3c([2H])c([2H])c([2H])c([2H])c3[2H])c3oc4cc(-c5nc(-c6ccccc6)nc(-c6ccc7c(ccc8ccccc87)c6)n5)ccc4c3c2)c([2H])c1[2H]. The molecule has 0 unspecified atom stereocenters. The van der Waals surface area contributed by atoms with E-state index in [4.69, 9.17) is 33.1 Å². The third kappa shape index (κ3) is 5.13. The lowest BCUT2D eigenvalue weighted by Crippen LogP contribution is -2.00. The van der Waals surface area contributed by atoms with Gasteiger partial charge in [0, 0.05) is 33.0 Å². The average Bonchev–Trinajstić information content (AvgIpc) is 3.67. The Morgan fingerprint density at radius 3 is 1.76 bits per heavy atom. The first-order valence-corrected chi connectivity index (χ1v) is 16.3. The van der Waals surface area contributed by atoms with Gasteiger partial charge >= 0.3 is 0 Å². The van der Waals surface area contributed by atoms with E-state index in [9.17, 15) is 0 Å². The maximum atomic E-state index is 8.85. The minimum Gasteiger partial charge on any atom is -0.455 e. The summed E-state index contributed by atoms with van der Waals surface area (Å²) in [7, 11) is 0. The van der Waals surface area contributed by atoms with Crippen molar-refractivity contribution >= 4 is 43.5 Å². The molecule has 10 rings (SSSR count). The minimum atomic E-state index is -0.574. The van der Waals surface area contributed by atoms with Crippen LogP contribution in [0, 0.1) is 0 Å². The Bertz CT molecular complexity index is 3440. The van der Waals surface area contributed by atoms with Gasteiger partial charge < -0.3 is 4.42 Å². The first-order chi connectivity index (χ1) is 29.4. The van der Waals surface area contributed by atoms with Crippen molar-refractivity contribution in [1.82, 2.24) is 15.0 Å². The van der Waals surface area contributed by atoms with Crippen LogP contribution in [0.15, 0.2) is 180 Å². The van der Waals surface area contributed by atoms with Crippen LogP contribution in [-0.2, 0) is 0 Å². The molecule has 0 saturated carbocycles. The summed E-state index contributed by atoms with van der Waals surface area (Å²) in [6.07, 6.45) is 0. The number of fused-ring (bicyclic) bond motifs is 6. The molecule has 0 N–H and O–H groups in total. The molecule has 238 valence electrons. The van der Waals surface area contributed by atoms with Crippen molar-refractivity contribution in [3.05, 3.63) is 176 Å². The van der Waals surface area contributed by atoms with Crippen LogP contribution >= 0.6 is 0 Å². The zero-order valence-corrected chi connectivity index (χ0v) is 26.7. The quantitative estimate of drug-likeness (QED) is 0.172. The Morgan fingerprint density at radius 1 is 0.392 bits per heavy atom. The molecule has 0 aliphatic rings. The highest BCUT2D eigenvalue weighted by atomic mass is 16.3. The maximum Gasteiger partial charge on any atom is 0.164 e. The van der Waals surface area contributed by atoms with E-state index in [0.29, 0.717) is 39.4 Å². The van der Waals surface area contributed by atoms with Crippen LogP contribution in [0.4, 0.5) is 0 Å². The molecular formula is C47H29N3O. The highest BCUT2D eigenvalue weighted by Gasteiger charge is 2.18. The number of furan rings is 1. The van der Waals surface area contributed by atoms with Crippen molar-refractivity contribution in [2.75, 3.05) is 0 Å². The molecule has 0 bridgehead atoms. The summed E-state index contributed by atoms with van der Waals surface area (Å²) in [6.45, 7) is 0.